The average Bonchev–Trinajstić information content (AvgIpc) is 3.19. The fourth-order valence-electron chi connectivity index (χ4n) is 5.16. The summed E-state index contributed by atoms with van der Waals surface area (Å²) in [6, 6.07) is 12.2. The van der Waals surface area contributed by atoms with Crippen LogP contribution in [0.15, 0.2) is 52.3 Å². The molecule has 0 bridgehead atoms. The van der Waals surface area contributed by atoms with Gasteiger partial charge in [-0.3, -0.25) is 18.9 Å². The number of thioether (sulfide) groups is 1. The van der Waals surface area contributed by atoms with E-state index in [1.807, 2.05) is 25.1 Å². The van der Waals surface area contributed by atoms with Gasteiger partial charge in [0.25, 0.3) is 11.5 Å². The standard InChI is InChI=1S/C30H34N4O2S2/c1-3-4-5-6-7-10-16-33-29(36)25(38-30(33)37)18-24-27(31-26-14-13-21(2)19-34(26)28(24)35)32-17-15-22-11-8-9-12-23(22)20-32/h8-9,11-14,18-19H,3-7,10,15-17,20H2,1-2H3. The minimum Gasteiger partial charge on any atom is -0.351 e. The molecule has 0 N–H and O–H groups in total. The van der Waals surface area contributed by atoms with Crippen LogP contribution in [-0.4, -0.2) is 37.6 Å². The number of anilines is 1. The molecule has 3 aromatic rings. The van der Waals surface area contributed by atoms with Crippen LogP contribution >= 0.6 is 24.0 Å². The van der Waals surface area contributed by atoms with Crippen molar-refractivity contribution in [3.05, 3.63) is 80.1 Å². The lowest BCUT2D eigenvalue weighted by Gasteiger charge is -2.30. The molecule has 8 heteroatoms. The van der Waals surface area contributed by atoms with Crippen molar-refractivity contribution in [1.29, 1.82) is 0 Å². The van der Waals surface area contributed by atoms with E-state index >= 15 is 0 Å². The van der Waals surface area contributed by atoms with E-state index in [0.717, 1.165) is 31.4 Å². The van der Waals surface area contributed by atoms with E-state index in [-0.39, 0.29) is 11.5 Å². The Labute approximate surface area is 233 Å². The number of benzene rings is 1. The maximum absolute atomic E-state index is 13.8. The Morgan fingerprint density at radius 2 is 1.79 bits per heavy atom. The van der Waals surface area contributed by atoms with Crippen LogP contribution in [0.3, 0.4) is 0 Å². The number of carbonyl (C=O) groups is 1. The molecule has 0 spiro atoms. The predicted octanol–water partition coefficient (Wildman–Crippen LogP) is 6.13. The zero-order chi connectivity index (χ0) is 26.6. The number of pyridine rings is 1. The fraction of sp³-hybridized carbons (Fsp3) is 0.400. The van der Waals surface area contributed by atoms with Crippen molar-refractivity contribution in [2.75, 3.05) is 18.0 Å². The summed E-state index contributed by atoms with van der Waals surface area (Å²) in [7, 11) is 0. The molecule has 1 saturated heterocycles. The second-order valence-corrected chi connectivity index (χ2v) is 11.8. The SMILES string of the molecule is CCCCCCCCN1C(=O)C(=Cc2c(N3CCc4ccccc4C3)nc3ccc(C)cn3c2=O)SC1=S. The summed E-state index contributed by atoms with van der Waals surface area (Å²) in [6.07, 6.45) is 11.3. The van der Waals surface area contributed by atoms with Crippen molar-refractivity contribution < 1.29 is 4.79 Å². The number of rotatable bonds is 9. The van der Waals surface area contributed by atoms with Gasteiger partial charge in [0.1, 0.15) is 15.8 Å². The minimum absolute atomic E-state index is 0.114. The first kappa shape index (κ1) is 26.6. The van der Waals surface area contributed by atoms with Crippen LogP contribution in [0.25, 0.3) is 11.7 Å². The molecule has 6 nitrogen and oxygen atoms in total. The van der Waals surface area contributed by atoms with E-state index in [2.05, 4.69) is 30.0 Å². The molecule has 0 atom stereocenters. The number of aryl methyl sites for hydroxylation is 1. The molecule has 1 fully saturated rings. The Bertz CT molecular complexity index is 1460. The third kappa shape index (κ3) is 5.57. The zero-order valence-electron chi connectivity index (χ0n) is 22.1. The minimum atomic E-state index is -0.172. The fourth-order valence-corrected chi connectivity index (χ4v) is 6.46. The van der Waals surface area contributed by atoms with Gasteiger partial charge in [-0.25, -0.2) is 4.98 Å². The molecular formula is C30H34N4O2S2. The number of unbranched alkanes of at least 4 members (excludes halogenated alkanes) is 5. The van der Waals surface area contributed by atoms with Gasteiger partial charge in [0.2, 0.25) is 0 Å². The number of hydrogen-bond acceptors (Lipinski definition) is 6. The van der Waals surface area contributed by atoms with E-state index in [1.165, 1.54) is 48.6 Å². The summed E-state index contributed by atoms with van der Waals surface area (Å²) in [4.78, 5) is 36.5. The van der Waals surface area contributed by atoms with Crippen LogP contribution in [0.1, 0.15) is 67.7 Å². The summed E-state index contributed by atoms with van der Waals surface area (Å²) in [6.45, 7) is 6.21. The largest absolute Gasteiger partial charge is 0.351 e. The highest BCUT2D eigenvalue weighted by Gasteiger charge is 2.33. The van der Waals surface area contributed by atoms with Gasteiger partial charge in [-0.15, -0.1) is 0 Å². The van der Waals surface area contributed by atoms with E-state index < -0.39 is 0 Å². The molecule has 0 radical (unpaired) electrons. The monoisotopic (exact) mass is 546 g/mol. The normalized spacial score (nSPS) is 16.6. The average molecular weight is 547 g/mol. The number of thiocarbonyl (C=S) groups is 1. The zero-order valence-corrected chi connectivity index (χ0v) is 23.7. The van der Waals surface area contributed by atoms with Gasteiger partial charge in [0, 0.05) is 25.8 Å². The van der Waals surface area contributed by atoms with Crippen molar-refractivity contribution in [3.8, 4) is 0 Å². The molecule has 38 heavy (non-hydrogen) atoms. The second kappa shape index (κ2) is 11.8. The van der Waals surface area contributed by atoms with Gasteiger partial charge >= 0.3 is 0 Å². The maximum atomic E-state index is 13.8. The Morgan fingerprint density at radius 1 is 1.03 bits per heavy atom. The van der Waals surface area contributed by atoms with Crippen molar-refractivity contribution in [2.45, 2.75) is 65.3 Å². The van der Waals surface area contributed by atoms with Crippen LogP contribution in [-0.2, 0) is 17.8 Å². The topological polar surface area (TPSA) is 57.9 Å². The van der Waals surface area contributed by atoms with Crippen LogP contribution < -0.4 is 10.5 Å². The Morgan fingerprint density at radius 3 is 2.61 bits per heavy atom. The molecule has 1 aromatic carbocycles. The highest BCUT2D eigenvalue weighted by Crippen LogP contribution is 2.34. The lowest BCUT2D eigenvalue weighted by molar-refractivity contribution is -0.122. The quantitative estimate of drug-likeness (QED) is 0.183. The van der Waals surface area contributed by atoms with Crippen molar-refractivity contribution in [2.24, 2.45) is 0 Å². The van der Waals surface area contributed by atoms with Gasteiger partial charge in [-0.1, -0.05) is 93.3 Å². The van der Waals surface area contributed by atoms with Crippen molar-refractivity contribution in [1.82, 2.24) is 14.3 Å². The summed E-state index contributed by atoms with van der Waals surface area (Å²) in [5.41, 5.74) is 4.40. The lowest BCUT2D eigenvalue weighted by Crippen LogP contribution is -2.34. The lowest BCUT2D eigenvalue weighted by atomic mass is 9.99. The molecule has 4 heterocycles. The predicted molar refractivity (Wildman–Crippen MR) is 161 cm³/mol. The molecule has 0 unspecified atom stereocenters. The third-order valence-corrected chi connectivity index (χ3v) is 8.68. The molecule has 198 valence electrons. The number of fused-ring (bicyclic) bond motifs is 2. The molecule has 5 rings (SSSR count). The highest BCUT2D eigenvalue weighted by molar-refractivity contribution is 8.26. The molecule has 2 aliphatic heterocycles. The third-order valence-electron chi connectivity index (χ3n) is 7.30. The summed E-state index contributed by atoms with van der Waals surface area (Å²) in [5.74, 6) is 0.506. The number of amides is 1. The Kier molecular flexibility index (Phi) is 8.29. The van der Waals surface area contributed by atoms with Gasteiger partial charge in [0.15, 0.2) is 0 Å². The van der Waals surface area contributed by atoms with E-state index in [4.69, 9.17) is 17.2 Å². The number of nitrogens with zero attached hydrogens (tertiary/aromatic N) is 4. The van der Waals surface area contributed by atoms with Crippen LogP contribution in [0, 0.1) is 6.92 Å². The Balaban J connectivity index is 1.47. The van der Waals surface area contributed by atoms with Crippen molar-refractivity contribution >= 4 is 51.7 Å². The van der Waals surface area contributed by atoms with E-state index in [9.17, 15) is 9.59 Å². The molecular weight excluding hydrogens is 512 g/mol. The van der Waals surface area contributed by atoms with E-state index in [1.54, 1.807) is 21.6 Å². The van der Waals surface area contributed by atoms with Gasteiger partial charge in [-0.05, 0) is 48.6 Å². The molecule has 1 amide bonds. The highest BCUT2D eigenvalue weighted by atomic mass is 32.2. The first-order valence-corrected chi connectivity index (χ1v) is 14.8. The molecule has 2 aromatic heterocycles. The molecule has 0 aliphatic carbocycles. The number of hydrogen-bond donors (Lipinski definition) is 0. The second-order valence-electron chi connectivity index (χ2n) is 10.1. The first-order valence-electron chi connectivity index (χ1n) is 13.6. The number of carbonyl (C=O) groups excluding carboxylic acids is 1. The van der Waals surface area contributed by atoms with Crippen LogP contribution in [0.5, 0.6) is 0 Å². The summed E-state index contributed by atoms with van der Waals surface area (Å²) >= 11 is 6.86. The van der Waals surface area contributed by atoms with Gasteiger partial charge in [0.05, 0.1) is 10.5 Å². The Hall–Kier alpha value is -2.97. The van der Waals surface area contributed by atoms with Gasteiger partial charge in [-0.2, -0.15) is 0 Å². The molecule has 0 saturated carbocycles. The summed E-state index contributed by atoms with van der Waals surface area (Å²) < 4.78 is 2.15. The molecule has 2 aliphatic rings. The van der Waals surface area contributed by atoms with Crippen LogP contribution in [0.4, 0.5) is 5.82 Å². The van der Waals surface area contributed by atoms with E-state index in [0.29, 0.717) is 39.3 Å². The van der Waals surface area contributed by atoms with Crippen molar-refractivity contribution in [3.63, 3.8) is 0 Å². The van der Waals surface area contributed by atoms with Gasteiger partial charge < -0.3 is 4.90 Å². The maximum Gasteiger partial charge on any atom is 0.267 e. The summed E-state index contributed by atoms with van der Waals surface area (Å²) in [5, 5.41) is 0. The number of aromatic nitrogens is 2. The first-order chi connectivity index (χ1) is 18.5. The smallest absolute Gasteiger partial charge is 0.267 e. The van der Waals surface area contributed by atoms with Crippen LogP contribution in [0.2, 0.25) is 0 Å².